The standard InChI is InChI=1S/C14H15N3/c15-9-14(6-7-14)13-8-12(16-10-17-13)11-4-2-1-3-5-11/h1-5,8,10H,6-7,9,15H2. The maximum atomic E-state index is 5.83. The van der Waals surface area contributed by atoms with Crippen LogP contribution >= 0.6 is 0 Å². The second-order valence-electron chi connectivity index (χ2n) is 4.64. The highest BCUT2D eigenvalue weighted by Crippen LogP contribution is 2.46. The lowest BCUT2D eigenvalue weighted by molar-refractivity contribution is 0.675. The normalized spacial score (nSPS) is 16.8. The Morgan fingerprint density at radius 3 is 2.53 bits per heavy atom. The van der Waals surface area contributed by atoms with Gasteiger partial charge in [-0.1, -0.05) is 30.3 Å². The summed E-state index contributed by atoms with van der Waals surface area (Å²) in [5, 5.41) is 0. The maximum absolute atomic E-state index is 5.83. The van der Waals surface area contributed by atoms with Crippen molar-refractivity contribution in [3.05, 3.63) is 48.4 Å². The van der Waals surface area contributed by atoms with Crippen molar-refractivity contribution in [2.75, 3.05) is 6.54 Å². The zero-order valence-electron chi connectivity index (χ0n) is 9.63. The summed E-state index contributed by atoms with van der Waals surface area (Å²) in [6.07, 6.45) is 3.94. The molecule has 1 aliphatic carbocycles. The molecular formula is C14H15N3. The van der Waals surface area contributed by atoms with Crippen LogP contribution in [0.2, 0.25) is 0 Å². The molecule has 1 aromatic carbocycles. The molecule has 0 unspecified atom stereocenters. The summed E-state index contributed by atoms with van der Waals surface area (Å²) >= 11 is 0. The lowest BCUT2D eigenvalue weighted by Gasteiger charge is -2.12. The molecule has 1 heterocycles. The number of benzene rings is 1. The van der Waals surface area contributed by atoms with Gasteiger partial charge in [-0.2, -0.15) is 0 Å². The van der Waals surface area contributed by atoms with Crippen LogP contribution in [0.3, 0.4) is 0 Å². The Morgan fingerprint density at radius 2 is 1.88 bits per heavy atom. The zero-order chi connectivity index (χ0) is 11.7. The summed E-state index contributed by atoms with van der Waals surface area (Å²) in [5.74, 6) is 0. The fraction of sp³-hybridized carbons (Fsp3) is 0.286. The summed E-state index contributed by atoms with van der Waals surface area (Å²) in [4.78, 5) is 8.71. The van der Waals surface area contributed by atoms with Gasteiger partial charge in [-0.25, -0.2) is 9.97 Å². The van der Waals surface area contributed by atoms with E-state index in [9.17, 15) is 0 Å². The van der Waals surface area contributed by atoms with E-state index < -0.39 is 0 Å². The molecule has 86 valence electrons. The minimum absolute atomic E-state index is 0.131. The molecule has 0 saturated heterocycles. The molecule has 0 bridgehead atoms. The predicted octanol–water partition coefficient (Wildman–Crippen LogP) is 2.13. The van der Waals surface area contributed by atoms with Gasteiger partial charge < -0.3 is 5.73 Å². The van der Waals surface area contributed by atoms with E-state index in [1.165, 1.54) is 0 Å². The monoisotopic (exact) mass is 225 g/mol. The van der Waals surface area contributed by atoms with Crippen molar-refractivity contribution in [3.63, 3.8) is 0 Å². The number of hydrogen-bond donors (Lipinski definition) is 1. The molecule has 17 heavy (non-hydrogen) atoms. The third kappa shape index (κ3) is 1.83. The molecule has 0 atom stereocenters. The Bertz CT molecular complexity index is 518. The summed E-state index contributed by atoms with van der Waals surface area (Å²) in [5.41, 5.74) is 9.16. The predicted molar refractivity (Wildman–Crippen MR) is 67.4 cm³/mol. The Kier molecular flexibility index (Phi) is 2.41. The van der Waals surface area contributed by atoms with Gasteiger partial charge in [0.05, 0.1) is 11.4 Å². The highest BCUT2D eigenvalue weighted by atomic mass is 14.9. The lowest BCUT2D eigenvalue weighted by atomic mass is 10.0. The summed E-state index contributed by atoms with van der Waals surface area (Å²) in [6.45, 7) is 0.679. The van der Waals surface area contributed by atoms with E-state index in [2.05, 4.69) is 28.2 Å². The van der Waals surface area contributed by atoms with Crippen molar-refractivity contribution in [3.8, 4) is 11.3 Å². The number of aromatic nitrogens is 2. The molecule has 1 aliphatic rings. The van der Waals surface area contributed by atoms with Crippen molar-refractivity contribution in [1.29, 1.82) is 0 Å². The minimum atomic E-state index is 0.131. The van der Waals surface area contributed by atoms with Gasteiger partial charge in [0, 0.05) is 17.5 Å². The highest BCUT2D eigenvalue weighted by molar-refractivity contribution is 5.59. The quantitative estimate of drug-likeness (QED) is 0.870. The van der Waals surface area contributed by atoms with Gasteiger partial charge in [-0.3, -0.25) is 0 Å². The topological polar surface area (TPSA) is 51.8 Å². The minimum Gasteiger partial charge on any atom is -0.330 e. The van der Waals surface area contributed by atoms with Crippen LogP contribution in [0.25, 0.3) is 11.3 Å². The summed E-state index contributed by atoms with van der Waals surface area (Å²) in [7, 11) is 0. The van der Waals surface area contributed by atoms with Gasteiger partial charge in [0.1, 0.15) is 6.33 Å². The molecule has 0 radical (unpaired) electrons. The molecule has 2 aromatic rings. The van der Waals surface area contributed by atoms with Gasteiger partial charge >= 0.3 is 0 Å². The van der Waals surface area contributed by atoms with Crippen molar-refractivity contribution in [2.45, 2.75) is 18.3 Å². The van der Waals surface area contributed by atoms with Gasteiger partial charge in [-0.05, 0) is 18.9 Å². The number of nitrogens with zero attached hydrogens (tertiary/aromatic N) is 2. The molecule has 1 aromatic heterocycles. The molecule has 1 saturated carbocycles. The van der Waals surface area contributed by atoms with E-state index in [0.717, 1.165) is 29.8 Å². The molecule has 0 spiro atoms. The van der Waals surface area contributed by atoms with Crippen LogP contribution in [0.4, 0.5) is 0 Å². The first-order chi connectivity index (χ1) is 8.34. The van der Waals surface area contributed by atoms with Gasteiger partial charge in [-0.15, -0.1) is 0 Å². The van der Waals surface area contributed by atoms with E-state index in [-0.39, 0.29) is 5.41 Å². The van der Waals surface area contributed by atoms with E-state index in [1.807, 2.05) is 18.2 Å². The molecule has 2 N–H and O–H groups in total. The second-order valence-corrected chi connectivity index (χ2v) is 4.64. The zero-order valence-corrected chi connectivity index (χ0v) is 9.63. The Morgan fingerprint density at radius 1 is 1.12 bits per heavy atom. The summed E-state index contributed by atoms with van der Waals surface area (Å²) < 4.78 is 0. The Balaban J connectivity index is 2.00. The maximum Gasteiger partial charge on any atom is 0.116 e. The number of rotatable bonds is 3. The third-order valence-corrected chi connectivity index (χ3v) is 3.52. The first-order valence-electron chi connectivity index (χ1n) is 5.92. The average molecular weight is 225 g/mol. The van der Waals surface area contributed by atoms with Crippen LogP contribution in [0.1, 0.15) is 18.5 Å². The first kappa shape index (κ1) is 10.4. The van der Waals surface area contributed by atoms with Gasteiger partial charge in [0.15, 0.2) is 0 Å². The molecule has 0 aliphatic heterocycles. The van der Waals surface area contributed by atoms with Crippen molar-refractivity contribution in [2.24, 2.45) is 5.73 Å². The molecule has 3 rings (SSSR count). The fourth-order valence-corrected chi connectivity index (χ4v) is 2.13. The van der Waals surface area contributed by atoms with E-state index >= 15 is 0 Å². The third-order valence-electron chi connectivity index (χ3n) is 3.52. The smallest absolute Gasteiger partial charge is 0.116 e. The molecule has 3 heteroatoms. The van der Waals surface area contributed by atoms with Crippen LogP contribution in [-0.4, -0.2) is 16.5 Å². The van der Waals surface area contributed by atoms with Gasteiger partial charge in [0.25, 0.3) is 0 Å². The molecular weight excluding hydrogens is 210 g/mol. The SMILES string of the molecule is NCC1(c2cc(-c3ccccc3)ncn2)CC1. The van der Waals surface area contributed by atoms with Crippen molar-refractivity contribution < 1.29 is 0 Å². The Hall–Kier alpha value is -1.74. The van der Waals surface area contributed by atoms with Gasteiger partial charge in [0.2, 0.25) is 0 Å². The lowest BCUT2D eigenvalue weighted by Crippen LogP contribution is -2.21. The van der Waals surface area contributed by atoms with E-state index in [4.69, 9.17) is 5.73 Å². The van der Waals surface area contributed by atoms with Crippen LogP contribution < -0.4 is 5.73 Å². The number of nitrogens with two attached hydrogens (primary N) is 1. The number of hydrogen-bond acceptors (Lipinski definition) is 3. The molecule has 3 nitrogen and oxygen atoms in total. The largest absolute Gasteiger partial charge is 0.330 e. The second kappa shape index (κ2) is 3.93. The summed E-state index contributed by atoms with van der Waals surface area (Å²) in [6, 6.07) is 12.3. The molecule has 1 fully saturated rings. The fourth-order valence-electron chi connectivity index (χ4n) is 2.13. The van der Waals surface area contributed by atoms with Crippen LogP contribution in [0, 0.1) is 0 Å². The molecule has 0 amide bonds. The first-order valence-corrected chi connectivity index (χ1v) is 5.92. The van der Waals surface area contributed by atoms with Crippen molar-refractivity contribution in [1.82, 2.24) is 9.97 Å². The van der Waals surface area contributed by atoms with Crippen molar-refractivity contribution >= 4 is 0 Å². The van der Waals surface area contributed by atoms with Crippen LogP contribution in [-0.2, 0) is 5.41 Å². The van der Waals surface area contributed by atoms with Crippen LogP contribution in [0.5, 0.6) is 0 Å². The van der Waals surface area contributed by atoms with E-state index in [0.29, 0.717) is 6.54 Å². The average Bonchev–Trinajstić information content (AvgIpc) is 3.21. The Labute approximate surface area is 101 Å². The van der Waals surface area contributed by atoms with Crippen LogP contribution in [0.15, 0.2) is 42.7 Å². The highest BCUT2D eigenvalue weighted by Gasteiger charge is 2.44. The van der Waals surface area contributed by atoms with E-state index in [1.54, 1.807) is 6.33 Å².